The van der Waals surface area contributed by atoms with Gasteiger partial charge in [-0.15, -0.1) is 0 Å². The second-order valence-electron chi connectivity index (χ2n) is 8.92. The topological polar surface area (TPSA) is 66.6 Å². The van der Waals surface area contributed by atoms with Crippen molar-refractivity contribution in [3.63, 3.8) is 0 Å². The fraction of sp³-hybridized carbons (Fsp3) is 0.636. The third kappa shape index (κ3) is 3.11. The van der Waals surface area contributed by atoms with Crippen LogP contribution in [0.25, 0.3) is 11.3 Å². The summed E-state index contributed by atoms with van der Waals surface area (Å²) in [5, 5.41) is 5.27. The Morgan fingerprint density at radius 2 is 1.67 bits per heavy atom. The number of rotatable bonds is 5. The first kappa shape index (κ1) is 19.5. The van der Waals surface area contributed by atoms with E-state index in [2.05, 4.69) is 10.1 Å². The van der Waals surface area contributed by atoms with Crippen molar-refractivity contribution >= 4 is 23.2 Å². The molecule has 0 unspecified atom stereocenters. The predicted molar refractivity (Wildman–Crippen MR) is 110 cm³/mol. The Morgan fingerprint density at radius 1 is 1.00 bits per heavy atom. The monoisotopic (exact) mass is 450 g/mol. The number of hydrogen-bond acceptors (Lipinski definition) is 6. The Kier molecular flexibility index (Phi) is 4.84. The first-order valence-corrected chi connectivity index (χ1v) is 11.6. The summed E-state index contributed by atoms with van der Waals surface area (Å²) in [4.78, 5) is 4.05. The highest BCUT2D eigenvalue weighted by molar-refractivity contribution is 6.38. The number of hydrogen-bond donors (Lipinski definition) is 0. The molecule has 1 aliphatic heterocycles. The van der Waals surface area contributed by atoms with Crippen LogP contribution in [0.2, 0.25) is 10.0 Å². The molecule has 3 aliphatic carbocycles. The molecule has 8 heteroatoms. The van der Waals surface area contributed by atoms with Gasteiger partial charge in [-0.2, -0.15) is 0 Å². The average Bonchev–Trinajstić information content (AvgIpc) is 3.28. The van der Waals surface area contributed by atoms with Gasteiger partial charge in [0, 0.05) is 41.3 Å². The van der Waals surface area contributed by atoms with E-state index in [9.17, 15) is 0 Å². The standard InChI is InChI=1S/C22H24Cl2N2O4/c23-17-9-25-10-18(24)19(17)20-16(21(30-26-20)12-1-2-12)11-27-15-7-13-3-4-14(8-15)22(13)28-5-6-29-22/h9-10,12-15H,1-8,11H2/t13-,14+,15-. The zero-order valence-electron chi connectivity index (χ0n) is 16.6. The number of halogens is 2. The summed E-state index contributed by atoms with van der Waals surface area (Å²) in [6.07, 6.45) is 9.81. The van der Waals surface area contributed by atoms with Gasteiger partial charge in [-0.3, -0.25) is 4.98 Å². The van der Waals surface area contributed by atoms with Crippen LogP contribution in [0.5, 0.6) is 0 Å². The van der Waals surface area contributed by atoms with Crippen molar-refractivity contribution in [3.05, 3.63) is 33.8 Å². The average molecular weight is 451 g/mol. The molecule has 0 aromatic carbocycles. The van der Waals surface area contributed by atoms with E-state index in [0.29, 0.717) is 58.9 Å². The van der Waals surface area contributed by atoms with Crippen molar-refractivity contribution in [2.75, 3.05) is 13.2 Å². The van der Waals surface area contributed by atoms with Gasteiger partial charge in [0.15, 0.2) is 5.79 Å². The molecular formula is C22H24Cl2N2O4. The lowest BCUT2D eigenvalue weighted by atomic mass is 9.81. The van der Waals surface area contributed by atoms with Crippen LogP contribution in [0.1, 0.15) is 55.8 Å². The number of ether oxygens (including phenoxy) is 3. The zero-order chi connectivity index (χ0) is 20.3. The van der Waals surface area contributed by atoms with Crippen molar-refractivity contribution in [1.29, 1.82) is 0 Å². The van der Waals surface area contributed by atoms with Crippen LogP contribution in [0.4, 0.5) is 0 Å². The van der Waals surface area contributed by atoms with E-state index in [4.69, 9.17) is 41.9 Å². The largest absolute Gasteiger partial charge is 0.373 e. The van der Waals surface area contributed by atoms with Crippen LogP contribution < -0.4 is 0 Å². The molecule has 3 heterocycles. The van der Waals surface area contributed by atoms with Gasteiger partial charge < -0.3 is 18.7 Å². The maximum absolute atomic E-state index is 6.46. The molecule has 0 N–H and O–H groups in total. The third-order valence-corrected chi connectivity index (χ3v) is 7.73. The fourth-order valence-corrected chi connectivity index (χ4v) is 6.19. The molecule has 2 aromatic rings. The Balaban J connectivity index is 1.24. The van der Waals surface area contributed by atoms with Crippen LogP contribution in [-0.2, 0) is 20.8 Å². The molecule has 4 aliphatic rings. The van der Waals surface area contributed by atoms with Crippen LogP contribution in [0, 0.1) is 11.8 Å². The predicted octanol–water partition coefficient (Wildman–Crippen LogP) is 5.37. The summed E-state index contributed by atoms with van der Waals surface area (Å²) in [6, 6.07) is 0. The van der Waals surface area contributed by atoms with Crippen molar-refractivity contribution in [1.82, 2.24) is 10.1 Å². The summed E-state index contributed by atoms with van der Waals surface area (Å²) < 4.78 is 24.4. The quantitative estimate of drug-likeness (QED) is 0.609. The Labute approximate surface area is 185 Å². The van der Waals surface area contributed by atoms with Crippen LogP contribution in [-0.4, -0.2) is 35.2 Å². The van der Waals surface area contributed by atoms with Gasteiger partial charge in [0.2, 0.25) is 0 Å². The van der Waals surface area contributed by atoms with Gasteiger partial charge in [0.05, 0.1) is 36.0 Å². The van der Waals surface area contributed by atoms with Crippen LogP contribution in [0.15, 0.2) is 16.9 Å². The minimum atomic E-state index is -0.348. The Bertz CT molecular complexity index is 918. The minimum Gasteiger partial charge on any atom is -0.373 e. The van der Waals surface area contributed by atoms with Gasteiger partial charge in [-0.25, -0.2) is 0 Å². The molecule has 6 nitrogen and oxygen atoms in total. The molecule has 6 rings (SSSR count). The lowest BCUT2D eigenvalue weighted by Crippen LogP contribution is -2.47. The molecule has 160 valence electrons. The summed E-state index contributed by atoms with van der Waals surface area (Å²) in [6.45, 7) is 1.86. The first-order valence-electron chi connectivity index (χ1n) is 10.8. The van der Waals surface area contributed by atoms with Gasteiger partial charge in [0.25, 0.3) is 0 Å². The number of aromatic nitrogens is 2. The summed E-state index contributed by atoms with van der Waals surface area (Å²) in [5.74, 6) is 1.80. The molecule has 2 aromatic heterocycles. The summed E-state index contributed by atoms with van der Waals surface area (Å²) in [5.41, 5.74) is 2.30. The maximum atomic E-state index is 6.46. The molecule has 3 saturated carbocycles. The van der Waals surface area contributed by atoms with Crippen molar-refractivity contribution in [3.8, 4) is 11.3 Å². The van der Waals surface area contributed by atoms with Crippen LogP contribution >= 0.6 is 23.2 Å². The van der Waals surface area contributed by atoms with Crippen molar-refractivity contribution in [2.24, 2.45) is 11.8 Å². The molecule has 3 atom stereocenters. The Morgan fingerprint density at radius 3 is 2.30 bits per heavy atom. The van der Waals surface area contributed by atoms with E-state index < -0.39 is 0 Å². The first-order chi connectivity index (χ1) is 14.7. The lowest BCUT2D eigenvalue weighted by molar-refractivity contribution is -0.238. The number of nitrogens with zero attached hydrogens (tertiary/aromatic N) is 2. The summed E-state index contributed by atoms with van der Waals surface area (Å²) >= 11 is 12.8. The highest BCUT2D eigenvalue weighted by atomic mass is 35.5. The van der Waals surface area contributed by atoms with E-state index in [1.54, 1.807) is 12.4 Å². The molecule has 1 spiro atoms. The van der Waals surface area contributed by atoms with Crippen LogP contribution in [0.3, 0.4) is 0 Å². The smallest absolute Gasteiger partial charge is 0.174 e. The molecule has 30 heavy (non-hydrogen) atoms. The van der Waals surface area contributed by atoms with Gasteiger partial charge in [0.1, 0.15) is 11.5 Å². The molecule has 1 saturated heterocycles. The maximum Gasteiger partial charge on any atom is 0.174 e. The highest BCUT2D eigenvalue weighted by Gasteiger charge is 2.58. The third-order valence-electron chi connectivity index (χ3n) is 7.16. The minimum absolute atomic E-state index is 0.180. The van der Waals surface area contributed by atoms with E-state index in [0.717, 1.165) is 49.8 Å². The molecule has 0 radical (unpaired) electrons. The SMILES string of the molecule is Clc1cncc(Cl)c1-c1noc(C2CC2)c1CO[C@@H]1C[C@H]2CC[C@@H](C1)C21OCCO1. The molecule has 4 fully saturated rings. The molecule has 2 bridgehead atoms. The normalized spacial score (nSPS) is 29.7. The van der Waals surface area contributed by atoms with Crippen molar-refractivity contribution < 1.29 is 18.7 Å². The highest BCUT2D eigenvalue weighted by Crippen LogP contribution is 2.55. The Hall–Kier alpha value is -1.18. The van der Waals surface area contributed by atoms with E-state index in [1.165, 1.54) is 0 Å². The fourth-order valence-electron chi connectivity index (χ4n) is 5.65. The van der Waals surface area contributed by atoms with Gasteiger partial charge in [-0.1, -0.05) is 28.4 Å². The second kappa shape index (κ2) is 7.45. The van der Waals surface area contributed by atoms with Gasteiger partial charge in [-0.05, 0) is 38.5 Å². The lowest BCUT2D eigenvalue weighted by Gasteiger charge is -2.41. The summed E-state index contributed by atoms with van der Waals surface area (Å²) in [7, 11) is 0. The van der Waals surface area contributed by atoms with E-state index in [1.807, 2.05) is 0 Å². The van der Waals surface area contributed by atoms with E-state index in [-0.39, 0.29) is 11.9 Å². The number of pyridine rings is 1. The zero-order valence-corrected chi connectivity index (χ0v) is 18.1. The molecule has 0 amide bonds. The van der Waals surface area contributed by atoms with E-state index >= 15 is 0 Å². The van der Waals surface area contributed by atoms with Crippen molar-refractivity contribution in [2.45, 2.75) is 62.9 Å². The molecular weight excluding hydrogens is 427 g/mol. The second-order valence-corrected chi connectivity index (χ2v) is 9.73. The van der Waals surface area contributed by atoms with Gasteiger partial charge >= 0.3 is 0 Å².